The molecule has 1 amide bonds. The molecule has 0 spiro atoms. The smallest absolute Gasteiger partial charge is 0.342 e. The summed E-state index contributed by atoms with van der Waals surface area (Å²) < 4.78 is 23.8. The Kier molecular flexibility index (Phi) is 4.74. The van der Waals surface area contributed by atoms with Crippen molar-refractivity contribution in [2.75, 3.05) is 5.32 Å². The minimum Gasteiger partial charge on any atom is -0.472 e. The Morgan fingerprint density at radius 3 is 2.76 bits per heavy atom. The van der Waals surface area contributed by atoms with Crippen LogP contribution < -0.4 is 5.32 Å². The van der Waals surface area contributed by atoms with E-state index in [1.807, 2.05) is 0 Å². The summed E-state index contributed by atoms with van der Waals surface area (Å²) in [6, 6.07) is 5.63. The maximum Gasteiger partial charge on any atom is 0.342 e. The van der Waals surface area contributed by atoms with E-state index in [4.69, 9.17) is 9.15 Å². The van der Waals surface area contributed by atoms with Crippen molar-refractivity contribution in [3.63, 3.8) is 0 Å². The molecular formula is C14H11BrFNO4. The number of benzene rings is 1. The van der Waals surface area contributed by atoms with Crippen molar-refractivity contribution >= 4 is 33.5 Å². The summed E-state index contributed by atoms with van der Waals surface area (Å²) >= 11 is 3.12. The summed E-state index contributed by atoms with van der Waals surface area (Å²) in [5, 5.41) is 2.35. The zero-order valence-corrected chi connectivity index (χ0v) is 12.5. The third-order valence-electron chi connectivity index (χ3n) is 2.60. The van der Waals surface area contributed by atoms with Gasteiger partial charge in [-0.3, -0.25) is 4.79 Å². The Hall–Kier alpha value is -2.15. The number of carbonyl (C=O) groups excluding carboxylic acids is 2. The van der Waals surface area contributed by atoms with Crippen LogP contribution in [0.3, 0.4) is 0 Å². The highest BCUT2D eigenvalue weighted by Crippen LogP contribution is 2.19. The van der Waals surface area contributed by atoms with Crippen LogP contribution in [-0.4, -0.2) is 18.0 Å². The van der Waals surface area contributed by atoms with Gasteiger partial charge in [0.1, 0.15) is 12.1 Å². The van der Waals surface area contributed by atoms with Gasteiger partial charge in [-0.15, -0.1) is 0 Å². The average Bonchev–Trinajstić information content (AvgIpc) is 2.95. The predicted molar refractivity (Wildman–Crippen MR) is 76.3 cm³/mol. The third kappa shape index (κ3) is 3.91. The molecule has 0 radical (unpaired) electrons. The number of nitrogens with one attached hydrogen (secondary N) is 1. The van der Waals surface area contributed by atoms with Crippen LogP contribution >= 0.6 is 15.9 Å². The minimum absolute atomic E-state index is 0.00871. The molecule has 1 heterocycles. The molecule has 0 aliphatic carbocycles. The summed E-state index contributed by atoms with van der Waals surface area (Å²) in [4.78, 5) is 23.5. The van der Waals surface area contributed by atoms with Gasteiger partial charge in [-0.05, 0) is 31.2 Å². The molecule has 0 saturated carbocycles. The van der Waals surface area contributed by atoms with E-state index in [1.54, 1.807) is 6.07 Å². The maximum absolute atomic E-state index is 13.6. The second-order valence-corrected chi connectivity index (χ2v) is 5.09. The molecule has 5 nitrogen and oxygen atoms in total. The second-order valence-electron chi connectivity index (χ2n) is 4.17. The number of hydrogen-bond donors (Lipinski definition) is 1. The number of rotatable bonds is 4. The SMILES string of the molecule is CC(OC(=O)c1ccoc1)C(=O)Nc1ccc(Br)cc1F. The first-order chi connectivity index (χ1) is 9.97. The fourth-order valence-electron chi connectivity index (χ4n) is 1.49. The summed E-state index contributed by atoms with van der Waals surface area (Å²) in [6.07, 6.45) is 1.45. The van der Waals surface area contributed by atoms with Gasteiger partial charge >= 0.3 is 5.97 Å². The van der Waals surface area contributed by atoms with Crippen LogP contribution in [0.2, 0.25) is 0 Å². The Morgan fingerprint density at radius 2 is 2.14 bits per heavy atom. The molecule has 1 unspecified atom stereocenters. The number of carbonyl (C=O) groups is 2. The van der Waals surface area contributed by atoms with Crippen molar-refractivity contribution < 1.29 is 23.1 Å². The molecule has 21 heavy (non-hydrogen) atoms. The molecule has 1 aromatic carbocycles. The van der Waals surface area contributed by atoms with Crippen molar-refractivity contribution in [1.29, 1.82) is 0 Å². The fourth-order valence-corrected chi connectivity index (χ4v) is 1.82. The average molecular weight is 356 g/mol. The van der Waals surface area contributed by atoms with Crippen LogP contribution in [0.15, 0.2) is 45.7 Å². The molecule has 1 atom stereocenters. The van der Waals surface area contributed by atoms with E-state index in [2.05, 4.69) is 21.2 Å². The fraction of sp³-hybridized carbons (Fsp3) is 0.143. The normalized spacial score (nSPS) is 11.8. The first-order valence-corrected chi connectivity index (χ1v) is 6.76. The van der Waals surface area contributed by atoms with Crippen molar-refractivity contribution in [3.05, 3.63) is 52.6 Å². The zero-order valence-electron chi connectivity index (χ0n) is 10.9. The van der Waals surface area contributed by atoms with Crippen molar-refractivity contribution in [3.8, 4) is 0 Å². The second kappa shape index (κ2) is 6.53. The predicted octanol–water partition coefficient (Wildman–Crippen LogP) is 3.37. The molecule has 1 aromatic heterocycles. The number of amides is 1. The monoisotopic (exact) mass is 355 g/mol. The van der Waals surface area contributed by atoms with E-state index >= 15 is 0 Å². The van der Waals surface area contributed by atoms with Crippen LogP contribution in [0, 0.1) is 5.82 Å². The number of esters is 1. The van der Waals surface area contributed by atoms with E-state index in [0.717, 1.165) is 0 Å². The Balaban J connectivity index is 1.98. The molecule has 0 bridgehead atoms. The van der Waals surface area contributed by atoms with Crippen LogP contribution in [0.1, 0.15) is 17.3 Å². The topological polar surface area (TPSA) is 68.5 Å². The standard InChI is InChI=1S/C14H11BrFNO4/c1-8(21-14(19)9-4-5-20-7-9)13(18)17-12-3-2-10(15)6-11(12)16/h2-8H,1H3,(H,17,18). The molecular weight excluding hydrogens is 345 g/mol. The summed E-state index contributed by atoms with van der Waals surface area (Å²) in [5.74, 6) is -1.91. The lowest BCUT2D eigenvalue weighted by Gasteiger charge is -2.13. The first-order valence-electron chi connectivity index (χ1n) is 5.96. The van der Waals surface area contributed by atoms with E-state index in [9.17, 15) is 14.0 Å². The summed E-state index contributed by atoms with van der Waals surface area (Å²) in [7, 11) is 0. The molecule has 2 rings (SSSR count). The van der Waals surface area contributed by atoms with Crippen molar-refractivity contribution in [2.45, 2.75) is 13.0 Å². The Labute approximate surface area is 128 Å². The lowest BCUT2D eigenvalue weighted by Crippen LogP contribution is -2.30. The van der Waals surface area contributed by atoms with Gasteiger partial charge < -0.3 is 14.5 Å². The quantitative estimate of drug-likeness (QED) is 0.853. The van der Waals surface area contributed by atoms with Gasteiger partial charge in [0, 0.05) is 4.47 Å². The van der Waals surface area contributed by atoms with Gasteiger partial charge in [0.25, 0.3) is 5.91 Å². The van der Waals surface area contributed by atoms with Gasteiger partial charge in [-0.1, -0.05) is 15.9 Å². The van der Waals surface area contributed by atoms with Gasteiger partial charge in [-0.2, -0.15) is 0 Å². The highest BCUT2D eigenvalue weighted by Gasteiger charge is 2.20. The van der Waals surface area contributed by atoms with Crippen molar-refractivity contribution in [2.24, 2.45) is 0 Å². The van der Waals surface area contributed by atoms with E-state index in [0.29, 0.717) is 4.47 Å². The molecule has 7 heteroatoms. The number of halogens is 2. The highest BCUT2D eigenvalue weighted by molar-refractivity contribution is 9.10. The molecule has 1 N–H and O–H groups in total. The molecule has 2 aromatic rings. The van der Waals surface area contributed by atoms with E-state index < -0.39 is 23.8 Å². The number of furan rings is 1. The highest BCUT2D eigenvalue weighted by atomic mass is 79.9. The van der Waals surface area contributed by atoms with Crippen LogP contribution in [0.25, 0.3) is 0 Å². The first kappa shape index (κ1) is 15.2. The summed E-state index contributed by atoms with van der Waals surface area (Å²) in [5.41, 5.74) is 0.207. The van der Waals surface area contributed by atoms with Crippen molar-refractivity contribution in [1.82, 2.24) is 0 Å². The lowest BCUT2D eigenvalue weighted by molar-refractivity contribution is -0.123. The van der Waals surface area contributed by atoms with Gasteiger partial charge in [-0.25, -0.2) is 9.18 Å². The van der Waals surface area contributed by atoms with Gasteiger partial charge in [0.2, 0.25) is 0 Å². The molecule has 0 aliphatic rings. The largest absolute Gasteiger partial charge is 0.472 e. The van der Waals surface area contributed by atoms with E-state index in [-0.39, 0.29) is 11.3 Å². The molecule has 0 fully saturated rings. The maximum atomic E-state index is 13.6. The zero-order chi connectivity index (χ0) is 15.4. The Morgan fingerprint density at radius 1 is 1.38 bits per heavy atom. The minimum atomic E-state index is -1.07. The number of ether oxygens (including phenoxy) is 1. The number of anilines is 1. The van der Waals surface area contributed by atoms with Crippen LogP contribution in [0.4, 0.5) is 10.1 Å². The van der Waals surface area contributed by atoms with Crippen LogP contribution in [-0.2, 0) is 9.53 Å². The molecule has 0 saturated heterocycles. The Bertz CT molecular complexity index is 657. The molecule has 110 valence electrons. The van der Waals surface area contributed by atoms with Gasteiger partial charge in [0.15, 0.2) is 6.10 Å². The summed E-state index contributed by atoms with van der Waals surface area (Å²) in [6.45, 7) is 1.39. The third-order valence-corrected chi connectivity index (χ3v) is 3.09. The molecule has 0 aliphatic heterocycles. The van der Waals surface area contributed by atoms with E-state index in [1.165, 1.54) is 37.6 Å². The lowest BCUT2D eigenvalue weighted by atomic mass is 10.3. The van der Waals surface area contributed by atoms with Crippen LogP contribution in [0.5, 0.6) is 0 Å². The van der Waals surface area contributed by atoms with Gasteiger partial charge in [0.05, 0.1) is 17.5 Å². The number of hydrogen-bond acceptors (Lipinski definition) is 4.